The zero-order valence-corrected chi connectivity index (χ0v) is 16.6. The number of fused-ring (bicyclic) bond motifs is 1. The maximum atomic E-state index is 14.2. The van der Waals surface area contributed by atoms with Crippen molar-refractivity contribution in [3.63, 3.8) is 0 Å². The molecule has 1 N–H and O–H groups in total. The van der Waals surface area contributed by atoms with Crippen molar-refractivity contribution in [1.82, 2.24) is 25.0 Å². The lowest BCUT2D eigenvalue weighted by molar-refractivity contribution is 0.462. The van der Waals surface area contributed by atoms with Gasteiger partial charge in [-0.1, -0.05) is 73.0 Å². The standard InChI is InChI=1S/C23H23FN6/c24-19-14-8-7-11-17(19)15-30-23-20(28-29-30)22(25-18-12-5-2-6-13-18)26-21(27-23)16-9-3-1-4-10-16/h1,3-4,7-11,14,18H,2,5-6,12-13,15H2,(H,25,26,27). The third-order valence-electron chi connectivity index (χ3n) is 5.62. The van der Waals surface area contributed by atoms with Crippen LogP contribution in [0.4, 0.5) is 10.2 Å². The molecule has 0 atom stereocenters. The van der Waals surface area contributed by atoms with E-state index in [1.165, 1.54) is 25.3 Å². The Bertz CT molecular complexity index is 1150. The summed E-state index contributed by atoms with van der Waals surface area (Å²) in [7, 11) is 0. The summed E-state index contributed by atoms with van der Waals surface area (Å²) in [5.74, 6) is 1.04. The van der Waals surface area contributed by atoms with E-state index in [0.29, 0.717) is 34.4 Å². The summed E-state index contributed by atoms with van der Waals surface area (Å²) in [6.45, 7) is 0.261. The van der Waals surface area contributed by atoms with Crippen LogP contribution in [0, 0.1) is 5.82 Å². The number of benzene rings is 2. The average Bonchev–Trinajstić information content (AvgIpc) is 3.20. The van der Waals surface area contributed by atoms with Gasteiger partial charge in [0.1, 0.15) is 5.82 Å². The van der Waals surface area contributed by atoms with Crippen molar-refractivity contribution in [2.75, 3.05) is 5.32 Å². The molecule has 0 unspecified atom stereocenters. The van der Waals surface area contributed by atoms with Crippen LogP contribution in [0.5, 0.6) is 0 Å². The fourth-order valence-electron chi connectivity index (χ4n) is 4.01. The second kappa shape index (κ2) is 8.18. The molecule has 30 heavy (non-hydrogen) atoms. The molecule has 7 heteroatoms. The van der Waals surface area contributed by atoms with Gasteiger partial charge in [-0.25, -0.2) is 19.0 Å². The molecule has 4 aromatic rings. The molecule has 1 aliphatic rings. The van der Waals surface area contributed by atoms with E-state index in [9.17, 15) is 4.39 Å². The van der Waals surface area contributed by atoms with Crippen LogP contribution in [0.15, 0.2) is 54.6 Å². The van der Waals surface area contributed by atoms with Crippen molar-refractivity contribution in [2.24, 2.45) is 0 Å². The molecule has 0 spiro atoms. The predicted molar refractivity (Wildman–Crippen MR) is 115 cm³/mol. The van der Waals surface area contributed by atoms with E-state index in [1.807, 2.05) is 36.4 Å². The first kappa shape index (κ1) is 18.7. The molecule has 5 rings (SSSR count). The predicted octanol–water partition coefficient (Wildman–Crippen LogP) is 4.82. The molecular formula is C23H23FN6. The minimum Gasteiger partial charge on any atom is -0.365 e. The van der Waals surface area contributed by atoms with Crippen LogP contribution in [-0.2, 0) is 6.54 Å². The van der Waals surface area contributed by atoms with Crippen LogP contribution < -0.4 is 5.32 Å². The third kappa shape index (κ3) is 3.75. The van der Waals surface area contributed by atoms with Crippen molar-refractivity contribution in [1.29, 1.82) is 0 Å². The van der Waals surface area contributed by atoms with E-state index < -0.39 is 0 Å². The summed E-state index contributed by atoms with van der Waals surface area (Å²) in [5, 5.41) is 12.2. The van der Waals surface area contributed by atoms with E-state index >= 15 is 0 Å². The van der Waals surface area contributed by atoms with Gasteiger partial charge in [-0.2, -0.15) is 0 Å². The fraction of sp³-hybridized carbons (Fsp3) is 0.304. The number of halogens is 1. The molecule has 0 bridgehead atoms. The topological polar surface area (TPSA) is 68.5 Å². The highest BCUT2D eigenvalue weighted by Gasteiger charge is 2.20. The van der Waals surface area contributed by atoms with Crippen LogP contribution in [0.2, 0.25) is 0 Å². The van der Waals surface area contributed by atoms with Crippen molar-refractivity contribution in [3.05, 3.63) is 66.0 Å². The number of aromatic nitrogens is 5. The maximum Gasteiger partial charge on any atom is 0.184 e. The largest absolute Gasteiger partial charge is 0.365 e. The Morgan fingerprint density at radius 1 is 0.933 bits per heavy atom. The molecule has 1 aliphatic carbocycles. The average molecular weight is 402 g/mol. The third-order valence-corrected chi connectivity index (χ3v) is 5.62. The molecule has 1 fully saturated rings. The van der Waals surface area contributed by atoms with Gasteiger partial charge in [-0.05, 0) is 18.9 Å². The highest BCUT2D eigenvalue weighted by atomic mass is 19.1. The van der Waals surface area contributed by atoms with Gasteiger partial charge in [0.2, 0.25) is 0 Å². The van der Waals surface area contributed by atoms with Gasteiger partial charge in [0.25, 0.3) is 0 Å². The summed E-state index contributed by atoms with van der Waals surface area (Å²) in [6.07, 6.45) is 5.96. The molecule has 0 aliphatic heterocycles. The molecule has 1 saturated carbocycles. The first-order valence-corrected chi connectivity index (χ1v) is 10.4. The van der Waals surface area contributed by atoms with Crippen LogP contribution in [0.25, 0.3) is 22.6 Å². The zero-order chi connectivity index (χ0) is 20.3. The van der Waals surface area contributed by atoms with E-state index in [1.54, 1.807) is 16.8 Å². The Morgan fingerprint density at radius 2 is 1.70 bits per heavy atom. The highest BCUT2D eigenvalue weighted by Crippen LogP contribution is 2.27. The Morgan fingerprint density at radius 3 is 2.50 bits per heavy atom. The second-order valence-corrected chi connectivity index (χ2v) is 7.75. The Hall–Kier alpha value is -3.35. The number of hydrogen-bond acceptors (Lipinski definition) is 5. The van der Waals surface area contributed by atoms with Gasteiger partial charge in [0, 0.05) is 17.2 Å². The fourth-order valence-corrected chi connectivity index (χ4v) is 4.01. The lowest BCUT2D eigenvalue weighted by atomic mass is 9.95. The summed E-state index contributed by atoms with van der Waals surface area (Å²) in [4.78, 5) is 9.54. The summed E-state index contributed by atoms with van der Waals surface area (Å²) < 4.78 is 15.9. The summed E-state index contributed by atoms with van der Waals surface area (Å²) >= 11 is 0. The van der Waals surface area contributed by atoms with Crippen molar-refractivity contribution in [2.45, 2.75) is 44.7 Å². The first-order chi connectivity index (χ1) is 14.8. The van der Waals surface area contributed by atoms with Crippen LogP contribution in [0.3, 0.4) is 0 Å². The molecule has 2 heterocycles. The van der Waals surface area contributed by atoms with Crippen molar-refractivity contribution >= 4 is 17.0 Å². The number of rotatable bonds is 5. The minimum absolute atomic E-state index is 0.261. The second-order valence-electron chi connectivity index (χ2n) is 7.75. The molecule has 2 aromatic heterocycles. The van der Waals surface area contributed by atoms with Gasteiger partial charge in [-0.3, -0.25) is 0 Å². The summed E-state index contributed by atoms with van der Waals surface area (Å²) in [6, 6.07) is 16.9. The summed E-state index contributed by atoms with van der Waals surface area (Å²) in [5.41, 5.74) is 2.69. The van der Waals surface area contributed by atoms with Crippen molar-refractivity contribution < 1.29 is 4.39 Å². The van der Waals surface area contributed by atoms with Gasteiger partial charge in [-0.15, -0.1) is 5.10 Å². The van der Waals surface area contributed by atoms with Gasteiger partial charge < -0.3 is 5.32 Å². The van der Waals surface area contributed by atoms with Crippen LogP contribution in [0.1, 0.15) is 37.7 Å². The van der Waals surface area contributed by atoms with Gasteiger partial charge in [0.05, 0.1) is 6.54 Å². The van der Waals surface area contributed by atoms with E-state index in [2.05, 4.69) is 15.6 Å². The first-order valence-electron chi connectivity index (χ1n) is 10.4. The highest BCUT2D eigenvalue weighted by molar-refractivity contribution is 5.84. The normalized spacial score (nSPS) is 14.8. The zero-order valence-electron chi connectivity index (χ0n) is 16.6. The molecular weight excluding hydrogens is 379 g/mol. The van der Waals surface area contributed by atoms with E-state index in [-0.39, 0.29) is 12.4 Å². The number of nitrogens with one attached hydrogen (secondary N) is 1. The van der Waals surface area contributed by atoms with Crippen LogP contribution in [-0.4, -0.2) is 31.0 Å². The quantitative estimate of drug-likeness (QED) is 0.518. The lowest BCUT2D eigenvalue weighted by Gasteiger charge is -2.23. The lowest BCUT2D eigenvalue weighted by Crippen LogP contribution is -2.23. The van der Waals surface area contributed by atoms with E-state index in [0.717, 1.165) is 18.4 Å². The smallest absolute Gasteiger partial charge is 0.184 e. The van der Waals surface area contributed by atoms with Crippen LogP contribution >= 0.6 is 0 Å². The van der Waals surface area contributed by atoms with Gasteiger partial charge in [0.15, 0.2) is 22.8 Å². The van der Waals surface area contributed by atoms with Crippen molar-refractivity contribution in [3.8, 4) is 11.4 Å². The molecule has 2 aromatic carbocycles. The Labute approximate surface area is 174 Å². The maximum absolute atomic E-state index is 14.2. The van der Waals surface area contributed by atoms with E-state index in [4.69, 9.17) is 9.97 Å². The molecule has 0 saturated heterocycles. The molecule has 6 nitrogen and oxygen atoms in total. The van der Waals surface area contributed by atoms with Gasteiger partial charge >= 0.3 is 0 Å². The Kier molecular flexibility index (Phi) is 5.09. The SMILES string of the molecule is Fc1ccccc1Cn1nnc2c(NC3CCCCC3)nc(-c3ccccc3)nc21. The molecule has 152 valence electrons. The molecule has 0 radical (unpaired) electrons. The minimum atomic E-state index is -0.265. The number of hydrogen-bond donors (Lipinski definition) is 1. The number of anilines is 1. The Balaban J connectivity index is 1.59. The molecule has 0 amide bonds. The monoisotopic (exact) mass is 402 g/mol. The number of nitrogens with zero attached hydrogens (tertiary/aromatic N) is 5.